The van der Waals surface area contributed by atoms with E-state index in [1.54, 1.807) is 0 Å². The predicted octanol–water partition coefficient (Wildman–Crippen LogP) is 1.71. The first-order valence-electron chi connectivity index (χ1n) is 4.23. The summed E-state index contributed by atoms with van der Waals surface area (Å²) in [5.74, 6) is -0.833. The maximum atomic E-state index is 9.00. The molecule has 1 heterocycles. The number of carbonyl (C=O) groups is 1. The zero-order chi connectivity index (χ0) is 9.40. The highest BCUT2D eigenvalue weighted by atomic mass is 16.4. The minimum Gasteiger partial charge on any atom is -0.481 e. The first kappa shape index (κ1) is 11.0. The number of hydrogen-bond acceptors (Lipinski definition) is 2. The molecule has 1 rings (SSSR count). The van der Waals surface area contributed by atoms with Gasteiger partial charge in [0, 0.05) is 20.0 Å². The molecule has 1 fully saturated rings. The Hall–Kier alpha value is -0.990. The molecule has 0 aromatic rings. The van der Waals surface area contributed by atoms with Gasteiger partial charge in [-0.2, -0.15) is 0 Å². The van der Waals surface area contributed by atoms with Gasteiger partial charge in [-0.05, 0) is 25.5 Å². The topological polar surface area (TPSA) is 40.5 Å². The lowest BCUT2D eigenvalue weighted by Gasteiger charge is -2.23. The van der Waals surface area contributed by atoms with Gasteiger partial charge in [-0.1, -0.05) is 6.58 Å². The Morgan fingerprint density at radius 3 is 2.08 bits per heavy atom. The Labute approximate surface area is 73.7 Å². The Balaban J connectivity index is 0.000000261. The molecule has 0 spiro atoms. The van der Waals surface area contributed by atoms with Crippen molar-refractivity contribution in [2.24, 2.45) is 0 Å². The van der Waals surface area contributed by atoms with Crippen molar-refractivity contribution >= 4 is 5.97 Å². The molecule has 0 bridgehead atoms. The molecule has 1 N–H and O–H groups in total. The van der Waals surface area contributed by atoms with Gasteiger partial charge >= 0.3 is 0 Å². The molecule has 1 aliphatic rings. The van der Waals surface area contributed by atoms with E-state index < -0.39 is 5.97 Å². The standard InChI is InChI=1S/C7H13N.C2H4O2/c1-2-8-6-4-3-5-7-8;1-2(3)4/h2H,1,3-7H2;1H3,(H,3,4). The lowest BCUT2D eigenvalue weighted by molar-refractivity contribution is -0.134. The van der Waals surface area contributed by atoms with Crippen molar-refractivity contribution < 1.29 is 9.90 Å². The molecule has 0 aromatic carbocycles. The second kappa shape index (κ2) is 6.70. The lowest BCUT2D eigenvalue weighted by atomic mass is 10.1. The zero-order valence-corrected chi connectivity index (χ0v) is 7.62. The average molecular weight is 171 g/mol. The molecular formula is C9H17NO2. The molecule has 0 atom stereocenters. The van der Waals surface area contributed by atoms with Crippen molar-refractivity contribution in [3.05, 3.63) is 12.8 Å². The summed E-state index contributed by atoms with van der Waals surface area (Å²) in [6, 6.07) is 0. The molecule has 0 aromatic heterocycles. The number of carboxylic acid groups (broad SMARTS) is 1. The third-order valence-electron chi connectivity index (χ3n) is 1.65. The van der Waals surface area contributed by atoms with E-state index >= 15 is 0 Å². The van der Waals surface area contributed by atoms with Crippen LogP contribution in [0.2, 0.25) is 0 Å². The number of piperidine rings is 1. The third kappa shape index (κ3) is 7.12. The van der Waals surface area contributed by atoms with E-state index in [0.717, 1.165) is 6.92 Å². The van der Waals surface area contributed by atoms with Crippen LogP contribution < -0.4 is 0 Å². The van der Waals surface area contributed by atoms with Crippen LogP contribution in [-0.2, 0) is 4.79 Å². The van der Waals surface area contributed by atoms with Crippen molar-refractivity contribution in [2.75, 3.05) is 13.1 Å². The van der Waals surface area contributed by atoms with E-state index in [4.69, 9.17) is 9.90 Å². The zero-order valence-electron chi connectivity index (χ0n) is 7.62. The van der Waals surface area contributed by atoms with Crippen molar-refractivity contribution in [1.82, 2.24) is 4.90 Å². The van der Waals surface area contributed by atoms with Gasteiger partial charge in [0.05, 0.1) is 0 Å². The van der Waals surface area contributed by atoms with Crippen LogP contribution in [-0.4, -0.2) is 29.1 Å². The van der Waals surface area contributed by atoms with Crippen molar-refractivity contribution in [2.45, 2.75) is 26.2 Å². The first-order valence-corrected chi connectivity index (χ1v) is 4.23. The Kier molecular flexibility index (Phi) is 6.15. The summed E-state index contributed by atoms with van der Waals surface area (Å²) in [5.41, 5.74) is 0. The summed E-state index contributed by atoms with van der Waals surface area (Å²) >= 11 is 0. The van der Waals surface area contributed by atoms with Crippen molar-refractivity contribution in [3.8, 4) is 0 Å². The van der Waals surface area contributed by atoms with Gasteiger partial charge in [0.15, 0.2) is 0 Å². The van der Waals surface area contributed by atoms with Gasteiger partial charge in [-0.25, -0.2) is 0 Å². The van der Waals surface area contributed by atoms with Crippen molar-refractivity contribution in [1.29, 1.82) is 0 Å². The van der Waals surface area contributed by atoms with E-state index in [1.807, 2.05) is 6.20 Å². The van der Waals surface area contributed by atoms with Crippen LogP contribution in [0.25, 0.3) is 0 Å². The minimum atomic E-state index is -0.833. The largest absolute Gasteiger partial charge is 0.481 e. The molecule has 0 radical (unpaired) electrons. The monoisotopic (exact) mass is 171 g/mol. The molecule has 1 aliphatic heterocycles. The molecule has 12 heavy (non-hydrogen) atoms. The third-order valence-corrected chi connectivity index (χ3v) is 1.65. The van der Waals surface area contributed by atoms with E-state index in [2.05, 4.69) is 11.5 Å². The molecular weight excluding hydrogens is 154 g/mol. The van der Waals surface area contributed by atoms with Gasteiger partial charge in [0.2, 0.25) is 0 Å². The average Bonchev–Trinajstić information content (AvgIpc) is 2.05. The summed E-state index contributed by atoms with van der Waals surface area (Å²) in [6.45, 7) is 7.24. The number of aliphatic carboxylic acids is 1. The van der Waals surface area contributed by atoms with Crippen LogP contribution >= 0.6 is 0 Å². The van der Waals surface area contributed by atoms with E-state index in [1.165, 1.54) is 32.4 Å². The molecule has 3 nitrogen and oxygen atoms in total. The summed E-state index contributed by atoms with van der Waals surface area (Å²) in [7, 11) is 0. The summed E-state index contributed by atoms with van der Waals surface area (Å²) in [5, 5.41) is 7.42. The fraction of sp³-hybridized carbons (Fsp3) is 0.667. The van der Waals surface area contributed by atoms with Gasteiger partial charge in [0.1, 0.15) is 0 Å². The number of likely N-dealkylation sites (tertiary alicyclic amines) is 1. The van der Waals surface area contributed by atoms with Crippen LogP contribution in [0.5, 0.6) is 0 Å². The van der Waals surface area contributed by atoms with Crippen LogP contribution in [0, 0.1) is 0 Å². The number of rotatable bonds is 1. The Bertz CT molecular complexity index is 135. The van der Waals surface area contributed by atoms with E-state index in [9.17, 15) is 0 Å². The second-order valence-electron chi connectivity index (χ2n) is 2.80. The van der Waals surface area contributed by atoms with Crippen LogP contribution in [0.1, 0.15) is 26.2 Å². The van der Waals surface area contributed by atoms with Gasteiger partial charge in [0.25, 0.3) is 5.97 Å². The molecule has 0 amide bonds. The highest BCUT2D eigenvalue weighted by Gasteiger charge is 2.03. The normalized spacial score (nSPS) is 15.9. The molecule has 0 aliphatic carbocycles. The smallest absolute Gasteiger partial charge is 0.300 e. The fourth-order valence-corrected chi connectivity index (χ4v) is 1.10. The Morgan fingerprint density at radius 2 is 1.83 bits per heavy atom. The van der Waals surface area contributed by atoms with Crippen molar-refractivity contribution in [3.63, 3.8) is 0 Å². The van der Waals surface area contributed by atoms with Gasteiger partial charge in [-0.3, -0.25) is 4.79 Å². The van der Waals surface area contributed by atoms with Gasteiger partial charge < -0.3 is 10.0 Å². The summed E-state index contributed by atoms with van der Waals surface area (Å²) < 4.78 is 0. The number of hydrogen-bond donors (Lipinski definition) is 1. The van der Waals surface area contributed by atoms with Crippen LogP contribution in [0.3, 0.4) is 0 Å². The highest BCUT2D eigenvalue weighted by molar-refractivity contribution is 5.62. The fourth-order valence-electron chi connectivity index (χ4n) is 1.10. The predicted molar refractivity (Wildman–Crippen MR) is 48.9 cm³/mol. The lowest BCUT2D eigenvalue weighted by Crippen LogP contribution is -2.23. The molecule has 0 saturated carbocycles. The molecule has 3 heteroatoms. The first-order chi connectivity index (χ1) is 5.66. The van der Waals surface area contributed by atoms with E-state index in [-0.39, 0.29) is 0 Å². The quantitative estimate of drug-likeness (QED) is 0.653. The Morgan fingerprint density at radius 1 is 1.42 bits per heavy atom. The van der Waals surface area contributed by atoms with Crippen LogP contribution in [0.4, 0.5) is 0 Å². The number of carboxylic acids is 1. The minimum absolute atomic E-state index is 0.833. The van der Waals surface area contributed by atoms with E-state index in [0.29, 0.717) is 0 Å². The number of nitrogens with zero attached hydrogens (tertiary/aromatic N) is 1. The summed E-state index contributed by atoms with van der Waals surface area (Å²) in [4.78, 5) is 11.3. The highest BCUT2D eigenvalue weighted by Crippen LogP contribution is 2.07. The molecule has 70 valence electrons. The summed E-state index contributed by atoms with van der Waals surface area (Å²) in [6.07, 6.45) is 6.06. The molecule has 1 saturated heterocycles. The second-order valence-corrected chi connectivity index (χ2v) is 2.80. The van der Waals surface area contributed by atoms with Gasteiger partial charge in [-0.15, -0.1) is 0 Å². The maximum Gasteiger partial charge on any atom is 0.300 e. The molecule has 0 unspecified atom stereocenters. The maximum absolute atomic E-state index is 9.00. The SMILES string of the molecule is C=CN1CCCCC1.CC(=O)O. The van der Waals surface area contributed by atoms with Crippen LogP contribution in [0.15, 0.2) is 12.8 Å².